The van der Waals surface area contributed by atoms with Crippen molar-refractivity contribution in [1.29, 1.82) is 0 Å². The summed E-state index contributed by atoms with van der Waals surface area (Å²) in [6, 6.07) is 7.33. The molecule has 7 heteroatoms. The third kappa shape index (κ3) is 8.15. The summed E-state index contributed by atoms with van der Waals surface area (Å²) < 4.78 is 5.58. The van der Waals surface area contributed by atoms with Crippen LogP contribution in [-0.4, -0.2) is 59.6 Å². The zero-order chi connectivity index (χ0) is 22.3. The predicted octanol–water partition coefficient (Wildman–Crippen LogP) is 5.03. The Hall–Kier alpha value is -1.79. The van der Waals surface area contributed by atoms with Crippen LogP contribution >= 0.6 is 11.6 Å². The Bertz CT molecular complexity index is 718. The quantitative estimate of drug-likeness (QED) is 0.650. The van der Waals surface area contributed by atoms with E-state index in [0.29, 0.717) is 36.1 Å². The van der Waals surface area contributed by atoms with E-state index in [0.717, 1.165) is 25.9 Å². The fourth-order valence-electron chi connectivity index (χ4n) is 3.63. The number of amides is 2. The van der Waals surface area contributed by atoms with Crippen molar-refractivity contribution in [3.05, 3.63) is 29.3 Å². The summed E-state index contributed by atoms with van der Waals surface area (Å²) in [6.07, 6.45) is 2.30. The molecule has 1 aromatic rings. The normalized spacial score (nSPS) is 17.6. The lowest BCUT2D eigenvalue weighted by Gasteiger charge is -2.37. The summed E-state index contributed by atoms with van der Waals surface area (Å²) >= 11 is 6.11. The van der Waals surface area contributed by atoms with E-state index < -0.39 is 5.60 Å². The number of anilines is 1. The second-order valence-electron chi connectivity index (χ2n) is 9.31. The van der Waals surface area contributed by atoms with Gasteiger partial charge >= 0.3 is 6.09 Å². The fraction of sp³-hybridized carbons (Fsp3) is 0.652. The molecule has 2 amide bonds. The number of benzene rings is 1. The summed E-state index contributed by atoms with van der Waals surface area (Å²) in [5.74, 6) is 0.336. The molecule has 1 aliphatic rings. The second kappa shape index (κ2) is 11.0. The molecule has 30 heavy (non-hydrogen) atoms. The Kier molecular flexibility index (Phi) is 8.98. The Morgan fingerprint density at radius 2 is 2.00 bits per heavy atom. The van der Waals surface area contributed by atoms with Crippen LogP contribution < -0.4 is 5.32 Å². The minimum absolute atomic E-state index is 0.0391. The molecule has 0 aromatic heterocycles. The predicted molar refractivity (Wildman–Crippen MR) is 122 cm³/mol. The SMILES string of the molecule is CC(C)N(CC1CCCN(CCC(=O)Nc2ccccc2Cl)C1)C(=O)OC(C)(C)C. The van der Waals surface area contributed by atoms with Crippen LogP contribution in [0.5, 0.6) is 0 Å². The molecule has 1 saturated heterocycles. The highest BCUT2D eigenvalue weighted by molar-refractivity contribution is 6.33. The van der Waals surface area contributed by atoms with Crippen molar-refractivity contribution >= 4 is 29.3 Å². The lowest BCUT2D eigenvalue weighted by atomic mass is 9.97. The average molecular weight is 438 g/mol. The van der Waals surface area contributed by atoms with Gasteiger partial charge in [0, 0.05) is 32.1 Å². The number of rotatable bonds is 7. The zero-order valence-electron chi connectivity index (χ0n) is 18.9. The summed E-state index contributed by atoms with van der Waals surface area (Å²) in [6.45, 7) is 12.9. The fourth-order valence-corrected chi connectivity index (χ4v) is 3.82. The number of nitrogens with one attached hydrogen (secondary N) is 1. The van der Waals surface area contributed by atoms with E-state index in [9.17, 15) is 9.59 Å². The number of halogens is 1. The monoisotopic (exact) mass is 437 g/mol. The van der Waals surface area contributed by atoms with Crippen LogP contribution in [0.3, 0.4) is 0 Å². The highest BCUT2D eigenvalue weighted by Crippen LogP contribution is 2.22. The molecule has 0 radical (unpaired) electrons. The van der Waals surface area contributed by atoms with Gasteiger partial charge in [-0.05, 0) is 72.1 Å². The first-order valence-corrected chi connectivity index (χ1v) is 11.2. The molecule has 1 unspecified atom stereocenters. The minimum Gasteiger partial charge on any atom is -0.444 e. The lowest BCUT2D eigenvalue weighted by molar-refractivity contribution is -0.116. The Morgan fingerprint density at radius 3 is 2.63 bits per heavy atom. The standard InChI is InChI=1S/C23H36ClN3O3/c1-17(2)27(22(29)30-23(3,4)5)16-18-9-8-13-26(15-18)14-12-21(28)25-20-11-7-6-10-19(20)24/h6-7,10-11,17-18H,8-9,12-16H2,1-5H3,(H,25,28). The number of likely N-dealkylation sites (tertiary alicyclic amines) is 1. The van der Waals surface area contributed by atoms with Crippen LogP contribution in [0, 0.1) is 5.92 Å². The van der Waals surface area contributed by atoms with Crippen LogP contribution in [0.1, 0.15) is 53.9 Å². The van der Waals surface area contributed by atoms with E-state index in [1.807, 2.05) is 51.7 Å². The van der Waals surface area contributed by atoms with Gasteiger partial charge in [-0.3, -0.25) is 4.79 Å². The van der Waals surface area contributed by atoms with Gasteiger partial charge in [-0.2, -0.15) is 0 Å². The Labute approximate surface area is 185 Å². The van der Waals surface area contributed by atoms with Gasteiger partial charge in [0.1, 0.15) is 5.60 Å². The van der Waals surface area contributed by atoms with Gasteiger partial charge in [0.15, 0.2) is 0 Å². The van der Waals surface area contributed by atoms with Crippen molar-refractivity contribution in [3.63, 3.8) is 0 Å². The van der Waals surface area contributed by atoms with E-state index in [1.165, 1.54) is 0 Å². The van der Waals surface area contributed by atoms with Crippen LogP contribution in [0.15, 0.2) is 24.3 Å². The summed E-state index contributed by atoms with van der Waals surface area (Å²) in [7, 11) is 0. The van der Waals surface area contributed by atoms with Crippen molar-refractivity contribution < 1.29 is 14.3 Å². The molecule has 0 spiro atoms. The molecular formula is C23H36ClN3O3. The number of ether oxygens (including phenoxy) is 1. The van der Waals surface area contributed by atoms with Gasteiger partial charge in [-0.15, -0.1) is 0 Å². The van der Waals surface area contributed by atoms with Crippen LogP contribution in [0.25, 0.3) is 0 Å². The maximum atomic E-state index is 12.6. The van der Waals surface area contributed by atoms with Gasteiger partial charge in [-0.1, -0.05) is 23.7 Å². The highest BCUT2D eigenvalue weighted by atomic mass is 35.5. The lowest BCUT2D eigenvalue weighted by Crippen LogP contribution is -2.47. The van der Waals surface area contributed by atoms with Gasteiger partial charge < -0.3 is 19.9 Å². The van der Waals surface area contributed by atoms with Gasteiger partial charge in [0.05, 0.1) is 10.7 Å². The molecule has 1 aromatic carbocycles. The maximum absolute atomic E-state index is 12.6. The number of carbonyl (C=O) groups is 2. The van der Waals surface area contributed by atoms with E-state index in [2.05, 4.69) is 10.2 Å². The molecule has 1 atom stereocenters. The molecule has 1 fully saturated rings. The first kappa shape index (κ1) is 24.5. The second-order valence-corrected chi connectivity index (χ2v) is 9.72. The van der Waals surface area contributed by atoms with Crippen molar-refractivity contribution in [2.75, 3.05) is 31.5 Å². The van der Waals surface area contributed by atoms with Crippen LogP contribution in [-0.2, 0) is 9.53 Å². The number of para-hydroxylation sites is 1. The Balaban J connectivity index is 1.84. The average Bonchev–Trinajstić information content (AvgIpc) is 2.65. The third-order valence-electron chi connectivity index (χ3n) is 5.11. The largest absolute Gasteiger partial charge is 0.444 e. The van der Waals surface area contributed by atoms with E-state index in [-0.39, 0.29) is 18.0 Å². The van der Waals surface area contributed by atoms with Crippen molar-refractivity contribution in [2.24, 2.45) is 5.92 Å². The Morgan fingerprint density at radius 1 is 1.30 bits per heavy atom. The summed E-state index contributed by atoms with van der Waals surface area (Å²) in [4.78, 5) is 29.0. The highest BCUT2D eigenvalue weighted by Gasteiger charge is 2.29. The summed E-state index contributed by atoms with van der Waals surface area (Å²) in [5.41, 5.74) is 0.142. The molecule has 1 heterocycles. The van der Waals surface area contributed by atoms with Crippen molar-refractivity contribution in [1.82, 2.24) is 9.80 Å². The first-order valence-electron chi connectivity index (χ1n) is 10.8. The third-order valence-corrected chi connectivity index (χ3v) is 5.44. The summed E-state index contributed by atoms with van der Waals surface area (Å²) in [5, 5.41) is 3.42. The molecular weight excluding hydrogens is 402 g/mol. The maximum Gasteiger partial charge on any atom is 0.410 e. The van der Waals surface area contributed by atoms with Gasteiger partial charge in [0.2, 0.25) is 5.91 Å². The number of hydrogen-bond acceptors (Lipinski definition) is 4. The topological polar surface area (TPSA) is 61.9 Å². The molecule has 1 aliphatic heterocycles. The number of piperidine rings is 1. The molecule has 6 nitrogen and oxygen atoms in total. The minimum atomic E-state index is -0.502. The number of nitrogens with zero attached hydrogens (tertiary/aromatic N) is 2. The first-order chi connectivity index (χ1) is 14.0. The van der Waals surface area contributed by atoms with Gasteiger partial charge in [-0.25, -0.2) is 4.79 Å². The molecule has 0 bridgehead atoms. The number of hydrogen-bond donors (Lipinski definition) is 1. The molecule has 0 saturated carbocycles. The van der Waals surface area contributed by atoms with E-state index in [4.69, 9.17) is 16.3 Å². The van der Waals surface area contributed by atoms with Gasteiger partial charge in [0.25, 0.3) is 0 Å². The molecule has 0 aliphatic carbocycles. The van der Waals surface area contributed by atoms with Crippen LogP contribution in [0.2, 0.25) is 5.02 Å². The molecule has 1 N–H and O–H groups in total. The van der Waals surface area contributed by atoms with E-state index >= 15 is 0 Å². The van der Waals surface area contributed by atoms with E-state index in [1.54, 1.807) is 12.1 Å². The molecule has 2 rings (SSSR count). The number of carbonyl (C=O) groups excluding carboxylic acids is 2. The zero-order valence-corrected chi connectivity index (χ0v) is 19.7. The van der Waals surface area contributed by atoms with Crippen LogP contribution in [0.4, 0.5) is 10.5 Å². The van der Waals surface area contributed by atoms with Crippen molar-refractivity contribution in [3.8, 4) is 0 Å². The smallest absolute Gasteiger partial charge is 0.410 e. The molecule has 168 valence electrons. The van der Waals surface area contributed by atoms with Crippen molar-refractivity contribution in [2.45, 2.75) is 65.5 Å².